The lowest BCUT2D eigenvalue weighted by Crippen LogP contribution is -2.34. The van der Waals surface area contributed by atoms with E-state index in [2.05, 4.69) is 51.8 Å². The molecule has 0 aromatic rings. The zero-order valence-corrected chi connectivity index (χ0v) is 12.3. The highest BCUT2D eigenvalue weighted by atomic mass is 15.1. The van der Waals surface area contributed by atoms with Gasteiger partial charge in [-0.3, -0.25) is 0 Å². The van der Waals surface area contributed by atoms with Gasteiger partial charge in [0.15, 0.2) is 0 Å². The Morgan fingerprint density at radius 3 is 2.12 bits per heavy atom. The van der Waals surface area contributed by atoms with Crippen LogP contribution in [0, 0.1) is 5.41 Å². The molecule has 0 fully saturated rings. The third-order valence-corrected chi connectivity index (χ3v) is 2.99. The van der Waals surface area contributed by atoms with Crippen LogP contribution in [0.15, 0.2) is 0 Å². The van der Waals surface area contributed by atoms with Crippen molar-refractivity contribution >= 4 is 0 Å². The van der Waals surface area contributed by atoms with Gasteiger partial charge in [0, 0.05) is 12.6 Å². The van der Waals surface area contributed by atoms with Crippen LogP contribution >= 0.6 is 0 Å². The van der Waals surface area contributed by atoms with Crippen LogP contribution < -0.4 is 5.32 Å². The topological polar surface area (TPSA) is 15.3 Å². The first kappa shape index (κ1) is 15.9. The minimum Gasteiger partial charge on any atom is -0.314 e. The van der Waals surface area contributed by atoms with E-state index in [-0.39, 0.29) is 0 Å². The Bertz CT molecular complexity index is 157. The molecular weight excluding hydrogens is 196 g/mol. The average molecular weight is 228 g/mol. The molecule has 0 amide bonds. The fourth-order valence-corrected chi connectivity index (χ4v) is 1.74. The third kappa shape index (κ3) is 9.17. The molecule has 0 aliphatic carbocycles. The molecule has 0 rings (SSSR count). The maximum Gasteiger partial charge on any atom is 0.00394 e. The summed E-state index contributed by atoms with van der Waals surface area (Å²) in [6.07, 6.45) is 2.59. The first-order valence-corrected chi connectivity index (χ1v) is 6.84. The molecule has 0 saturated carbocycles. The lowest BCUT2D eigenvalue weighted by molar-refractivity contribution is 0.285. The summed E-state index contributed by atoms with van der Waals surface area (Å²) in [4.78, 5) is 2.50. The van der Waals surface area contributed by atoms with Crippen molar-refractivity contribution in [2.24, 2.45) is 5.41 Å². The third-order valence-electron chi connectivity index (χ3n) is 2.99. The molecule has 0 saturated heterocycles. The molecule has 1 atom stereocenters. The summed E-state index contributed by atoms with van der Waals surface area (Å²) in [5.41, 5.74) is 0.396. The smallest absolute Gasteiger partial charge is 0.00394 e. The standard InChI is InChI=1S/C14H32N2/c1-7-16(8-2)11-9-10-13(3)15-12-14(4,5)6/h13,15H,7-12H2,1-6H3. The SMILES string of the molecule is CCN(CC)CCCC(C)NCC(C)(C)C. The summed E-state index contributed by atoms with van der Waals surface area (Å²) >= 11 is 0. The van der Waals surface area contributed by atoms with E-state index in [9.17, 15) is 0 Å². The lowest BCUT2D eigenvalue weighted by Gasteiger charge is -2.23. The van der Waals surface area contributed by atoms with Gasteiger partial charge in [0.2, 0.25) is 0 Å². The highest BCUT2D eigenvalue weighted by Crippen LogP contribution is 2.11. The minimum atomic E-state index is 0.396. The van der Waals surface area contributed by atoms with Crippen LogP contribution in [0.25, 0.3) is 0 Å². The number of hydrogen-bond acceptors (Lipinski definition) is 2. The molecule has 2 heteroatoms. The Balaban J connectivity index is 3.54. The van der Waals surface area contributed by atoms with Gasteiger partial charge in [-0.2, -0.15) is 0 Å². The molecular formula is C14H32N2. The predicted octanol–water partition coefficient (Wildman–Crippen LogP) is 3.13. The van der Waals surface area contributed by atoms with Crippen LogP contribution in [0.3, 0.4) is 0 Å². The summed E-state index contributed by atoms with van der Waals surface area (Å²) in [5, 5.41) is 3.61. The number of nitrogens with zero attached hydrogens (tertiary/aromatic N) is 1. The maximum absolute atomic E-state index is 3.61. The van der Waals surface area contributed by atoms with Crippen LogP contribution in [0.4, 0.5) is 0 Å². The van der Waals surface area contributed by atoms with Crippen LogP contribution in [0.5, 0.6) is 0 Å². The summed E-state index contributed by atoms with van der Waals surface area (Å²) in [6.45, 7) is 18.3. The Hall–Kier alpha value is -0.0800. The monoisotopic (exact) mass is 228 g/mol. The van der Waals surface area contributed by atoms with Crippen LogP contribution in [0.2, 0.25) is 0 Å². The lowest BCUT2D eigenvalue weighted by atomic mass is 9.96. The zero-order valence-electron chi connectivity index (χ0n) is 12.3. The van der Waals surface area contributed by atoms with E-state index in [0.29, 0.717) is 11.5 Å². The van der Waals surface area contributed by atoms with E-state index in [1.807, 2.05) is 0 Å². The first-order valence-electron chi connectivity index (χ1n) is 6.84. The molecule has 0 heterocycles. The van der Waals surface area contributed by atoms with Crippen molar-refractivity contribution in [2.45, 2.75) is 60.4 Å². The fourth-order valence-electron chi connectivity index (χ4n) is 1.74. The second kappa shape index (κ2) is 8.08. The highest BCUT2D eigenvalue weighted by molar-refractivity contribution is 4.69. The Morgan fingerprint density at radius 2 is 1.69 bits per heavy atom. The number of rotatable bonds is 8. The van der Waals surface area contributed by atoms with Gasteiger partial charge in [0.25, 0.3) is 0 Å². The van der Waals surface area contributed by atoms with Crippen LogP contribution in [0.1, 0.15) is 54.4 Å². The number of nitrogens with one attached hydrogen (secondary N) is 1. The Kier molecular flexibility index (Phi) is 8.04. The van der Waals surface area contributed by atoms with Gasteiger partial charge >= 0.3 is 0 Å². The first-order chi connectivity index (χ1) is 7.39. The Labute approximate surface area is 103 Å². The van der Waals surface area contributed by atoms with Gasteiger partial charge in [0.05, 0.1) is 0 Å². The second-order valence-corrected chi connectivity index (χ2v) is 6.01. The fraction of sp³-hybridized carbons (Fsp3) is 1.00. The molecule has 0 aliphatic heterocycles. The molecule has 1 unspecified atom stereocenters. The largest absolute Gasteiger partial charge is 0.314 e. The van der Waals surface area contributed by atoms with E-state index in [0.717, 1.165) is 6.54 Å². The summed E-state index contributed by atoms with van der Waals surface area (Å²) < 4.78 is 0. The molecule has 1 N–H and O–H groups in total. The van der Waals surface area contributed by atoms with Crippen molar-refractivity contribution in [1.29, 1.82) is 0 Å². The van der Waals surface area contributed by atoms with Crippen molar-refractivity contribution in [1.82, 2.24) is 10.2 Å². The van der Waals surface area contributed by atoms with E-state index < -0.39 is 0 Å². The van der Waals surface area contributed by atoms with Gasteiger partial charge in [-0.1, -0.05) is 34.6 Å². The molecule has 0 radical (unpaired) electrons. The van der Waals surface area contributed by atoms with E-state index in [1.54, 1.807) is 0 Å². The maximum atomic E-state index is 3.61. The van der Waals surface area contributed by atoms with Gasteiger partial charge < -0.3 is 10.2 Å². The van der Waals surface area contributed by atoms with Crippen LogP contribution in [-0.2, 0) is 0 Å². The van der Waals surface area contributed by atoms with Crippen LogP contribution in [-0.4, -0.2) is 37.1 Å². The highest BCUT2D eigenvalue weighted by Gasteiger charge is 2.11. The molecule has 0 aromatic heterocycles. The molecule has 16 heavy (non-hydrogen) atoms. The molecule has 0 bridgehead atoms. The summed E-state index contributed by atoms with van der Waals surface area (Å²) in [6, 6.07) is 0.648. The number of hydrogen-bond donors (Lipinski definition) is 1. The van der Waals surface area contributed by atoms with Gasteiger partial charge in [-0.25, -0.2) is 0 Å². The quantitative estimate of drug-likeness (QED) is 0.686. The van der Waals surface area contributed by atoms with Crippen molar-refractivity contribution in [2.75, 3.05) is 26.2 Å². The normalized spacial score (nSPS) is 14.4. The van der Waals surface area contributed by atoms with Crippen molar-refractivity contribution in [3.63, 3.8) is 0 Å². The molecule has 98 valence electrons. The zero-order chi connectivity index (χ0) is 12.6. The van der Waals surface area contributed by atoms with E-state index in [4.69, 9.17) is 0 Å². The second-order valence-electron chi connectivity index (χ2n) is 6.01. The molecule has 0 aromatic carbocycles. The molecule has 0 spiro atoms. The van der Waals surface area contributed by atoms with Crippen molar-refractivity contribution in [3.8, 4) is 0 Å². The van der Waals surface area contributed by atoms with Crippen molar-refractivity contribution < 1.29 is 0 Å². The summed E-state index contributed by atoms with van der Waals surface area (Å²) in [5.74, 6) is 0. The molecule has 0 aliphatic rings. The van der Waals surface area contributed by atoms with Gasteiger partial charge in [0.1, 0.15) is 0 Å². The van der Waals surface area contributed by atoms with E-state index >= 15 is 0 Å². The minimum absolute atomic E-state index is 0.396. The predicted molar refractivity (Wildman–Crippen MR) is 73.9 cm³/mol. The average Bonchev–Trinajstić information content (AvgIpc) is 2.20. The van der Waals surface area contributed by atoms with E-state index in [1.165, 1.54) is 32.5 Å². The van der Waals surface area contributed by atoms with Gasteiger partial charge in [-0.05, 0) is 44.8 Å². The summed E-state index contributed by atoms with van der Waals surface area (Å²) in [7, 11) is 0. The molecule has 2 nitrogen and oxygen atoms in total. The Morgan fingerprint density at radius 1 is 1.12 bits per heavy atom. The van der Waals surface area contributed by atoms with Gasteiger partial charge in [-0.15, -0.1) is 0 Å². The van der Waals surface area contributed by atoms with Crippen molar-refractivity contribution in [3.05, 3.63) is 0 Å².